The van der Waals surface area contributed by atoms with Gasteiger partial charge in [0.25, 0.3) is 0 Å². The maximum absolute atomic E-state index is 2.43. The van der Waals surface area contributed by atoms with Gasteiger partial charge in [0.15, 0.2) is 0 Å². The molecule has 0 aliphatic heterocycles. The Labute approximate surface area is 390 Å². The molecule has 0 saturated heterocycles. The van der Waals surface area contributed by atoms with E-state index in [2.05, 4.69) is 245 Å². The summed E-state index contributed by atoms with van der Waals surface area (Å²) in [5.74, 6) is 0. The van der Waals surface area contributed by atoms with Gasteiger partial charge in [-0.1, -0.05) is 191 Å². The molecule has 2 aliphatic rings. The Morgan fingerprint density at radius 2 is 0.939 bits per heavy atom. The van der Waals surface area contributed by atoms with Crippen molar-refractivity contribution < 1.29 is 0 Å². The number of rotatable bonds is 6. The summed E-state index contributed by atoms with van der Waals surface area (Å²) in [6.07, 6.45) is 0. The molecule has 0 spiro atoms. The lowest BCUT2D eigenvalue weighted by molar-refractivity contribution is 0.660. The van der Waals surface area contributed by atoms with Crippen molar-refractivity contribution in [1.82, 2.24) is 0 Å². The van der Waals surface area contributed by atoms with E-state index >= 15 is 0 Å². The number of nitrogens with zero attached hydrogens (tertiary/aromatic N) is 1. The zero-order chi connectivity index (χ0) is 44.3. The third-order valence-electron chi connectivity index (χ3n) is 14.9. The summed E-state index contributed by atoms with van der Waals surface area (Å²) in [6, 6.07) is 79.4. The van der Waals surface area contributed by atoms with Crippen LogP contribution >= 0.6 is 11.3 Å². The summed E-state index contributed by atoms with van der Waals surface area (Å²) in [5.41, 5.74) is 21.5. The Bertz CT molecular complexity index is 3750. The van der Waals surface area contributed by atoms with Crippen LogP contribution in [0.4, 0.5) is 17.1 Å². The number of fused-ring (bicyclic) bond motifs is 11. The van der Waals surface area contributed by atoms with E-state index in [0.717, 1.165) is 17.1 Å². The second-order valence-corrected chi connectivity index (χ2v) is 20.3. The van der Waals surface area contributed by atoms with Crippen molar-refractivity contribution in [1.29, 1.82) is 0 Å². The molecule has 0 radical (unpaired) electrons. The summed E-state index contributed by atoms with van der Waals surface area (Å²) < 4.78 is 2.67. The molecule has 0 amide bonds. The maximum Gasteiger partial charge on any atom is 0.0467 e. The smallest absolute Gasteiger partial charge is 0.0467 e. The van der Waals surface area contributed by atoms with Crippen molar-refractivity contribution in [3.63, 3.8) is 0 Å². The predicted octanol–water partition coefficient (Wildman–Crippen LogP) is 18.3. The monoisotopic (exact) mass is 861 g/mol. The summed E-state index contributed by atoms with van der Waals surface area (Å²) >= 11 is 1.90. The lowest BCUT2D eigenvalue weighted by Crippen LogP contribution is -2.16. The average molecular weight is 862 g/mol. The molecule has 314 valence electrons. The number of anilines is 3. The Balaban J connectivity index is 0.925. The van der Waals surface area contributed by atoms with Gasteiger partial charge in [-0.15, -0.1) is 11.3 Å². The standard InChI is InChI=1S/C64H47NS/c1-63(2)56-23-9-7-18-51(56)53-36-31-43(39-58(53)63)40-26-32-45(33-27-40)65(47-16-11-15-44(38-47)49-21-12-22-54-52-19-8-10-24-57(52)64(3,4)61(49)54)46-34-28-42(29-35-46)48-20-13-25-59-60(48)55-37-30-41-14-5-6-17-50(41)62(55)66-59/h5-39H,1-4H3. The van der Waals surface area contributed by atoms with E-state index in [9.17, 15) is 0 Å². The fraction of sp³-hybridized carbons (Fsp3) is 0.0938. The van der Waals surface area contributed by atoms with Gasteiger partial charge < -0.3 is 4.90 Å². The van der Waals surface area contributed by atoms with E-state index in [4.69, 9.17) is 0 Å². The molecule has 0 N–H and O–H groups in total. The number of hydrogen-bond acceptors (Lipinski definition) is 2. The van der Waals surface area contributed by atoms with E-state index in [1.165, 1.54) is 109 Å². The van der Waals surface area contributed by atoms with Gasteiger partial charge in [-0.3, -0.25) is 0 Å². The lowest BCUT2D eigenvalue weighted by Gasteiger charge is -2.28. The second kappa shape index (κ2) is 14.5. The molecule has 2 heteroatoms. The van der Waals surface area contributed by atoms with E-state index in [1.54, 1.807) is 0 Å². The molecule has 0 atom stereocenters. The van der Waals surface area contributed by atoms with Crippen molar-refractivity contribution in [3.05, 3.63) is 235 Å². The molecule has 1 nitrogen and oxygen atoms in total. The van der Waals surface area contributed by atoms with Gasteiger partial charge in [-0.2, -0.15) is 0 Å². The van der Waals surface area contributed by atoms with Crippen molar-refractivity contribution in [3.8, 4) is 55.6 Å². The average Bonchev–Trinajstić information content (AvgIpc) is 3.95. The minimum Gasteiger partial charge on any atom is -0.310 e. The molecule has 0 fully saturated rings. The number of hydrogen-bond donors (Lipinski definition) is 0. The highest BCUT2D eigenvalue weighted by Crippen LogP contribution is 2.53. The molecule has 11 aromatic rings. The summed E-state index contributed by atoms with van der Waals surface area (Å²) in [4.78, 5) is 2.43. The lowest BCUT2D eigenvalue weighted by atomic mass is 9.79. The van der Waals surface area contributed by atoms with Crippen LogP contribution in [0.25, 0.3) is 86.6 Å². The molecule has 0 saturated carbocycles. The predicted molar refractivity (Wildman–Crippen MR) is 283 cm³/mol. The van der Waals surface area contributed by atoms with E-state index in [1.807, 2.05) is 11.3 Å². The highest BCUT2D eigenvalue weighted by atomic mass is 32.1. The van der Waals surface area contributed by atoms with Crippen molar-refractivity contribution in [2.75, 3.05) is 4.90 Å². The van der Waals surface area contributed by atoms with Crippen LogP contribution in [0, 0.1) is 0 Å². The van der Waals surface area contributed by atoms with Crippen LogP contribution in [0.5, 0.6) is 0 Å². The highest BCUT2D eigenvalue weighted by Gasteiger charge is 2.38. The Morgan fingerprint density at radius 3 is 1.73 bits per heavy atom. The van der Waals surface area contributed by atoms with Crippen LogP contribution in [-0.2, 0) is 10.8 Å². The Kier molecular flexibility index (Phi) is 8.54. The SMILES string of the molecule is CC1(C)c2ccccc2-c2ccc(-c3ccc(N(c4ccc(-c5cccc6sc7c8ccccc8ccc7c56)cc4)c4cccc(-c5cccc6c5C(C)(C)c5ccccc5-6)c4)cc3)cc21. The first kappa shape index (κ1) is 38.9. The van der Waals surface area contributed by atoms with Gasteiger partial charge in [0.2, 0.25) is 0 Å². The van der Waals surface area contributed by atoms with Gasteiger partial charge in [-0.25, -0.2) is 0 Å². The molecule has 10 aromatic carbocycles. The van der Waals surface area contributed by atoms with E-state index in [0.29, 0.717) is 0 Å². The first-order valence-corrected chi connectivity index (χ1v) is 24.0. The Morgan fingerprint density at radius 1 is 0.348 bits per heavy atom. The number of benzene rings is 10. The minimum absolute atomic E-state index is 0.0524. The van der Waals surface area contributed by atoms with E-state index < -0.39 is 0 Å². The van der Waals surface area contributed by atoms with Crippen LogP contribution in [-0.4, -0.2) is 0 Å². The fourth-order valence-electron chi connectivity index (χ4n) is 11.6. The second-order valence-electron chi connectivity index (χ2n) is 19.3. The third kappa shape index (κ3) is 5.78. The van der Waals surface area contributed by atoms with Crippen molar-refractivity contribution in [2.45, 2.75) is 38.5 Å². The van der Waals surface area contributed by atoms with Crippen molar-refractivity contribution in [2.24, 2.45) is 0 Å². The Hall–Kier alpha value is -7.52. The molecule has 0 bridgehead atoms. The normalized spacial score (nSPS) is 14.0. The largest absolute Gasteiger partial charge is 0.310 e. The van der Waals surface area contributed by atoms with Gasteiger partial charge in [0, 0.05) is 48.1 Å². The molecule has 2 aliphatic carbocycles. The third-order valence-corrected chi connectivity index (χ3v) is 16.1. The van der Waals surface area contributed by atoms with Crippen LogP contribution in [0.15, 0.2) is 212 Å². The molecule has 0 unspecified atom stereocenters. The summed E-state index contributed by atoms with van der Waals surface area (Å²) in [7, 11) is 0. The molecular formula is C64H47NS. The molecule has 13 rings (SSSR count). The molecular weight excluding hydrogens is 815 g/mol. The number of thiophene rings is 1. The van der Waals surface area contributed by atoms with E-state index in [-0.39, 0.29) is 10.8 Å². The first-order valence-electron chi connectivity index (χ1n) is 23.2. The molecule has 1 heterocycles. The highest BCUT2D eigenvalue weighted by molar-refractivity contribution is 7.26. The van der Waals surface area contributed by atoms with Gasteiger partial charge in [-0.05, 0) is 137 Å². The fourth-order valence-corrected chi connectivity index (χ4v) is 12.9. The quantitative estimate of drug-likeness (QED) is 0.161. The first-order chi connectivity index (χ1) is 32.2. The molecule has 1 aromatic heterocycles. The summed E-state index contributed by atoms with van der Waals surface area (Å²) in [5, 5.41) is 5.25. The van der Waals surface area contributed by atoms with Crippen LogP contribution in [0.1, 0.15) is 49.9 Å². The summed E-state index contributed by atoms with van der Waals surface area (Å²) in [6.45, 7) is 9.47. The van der Waals surface area contributed by atoms with Gasteiger partial charge >= 0.3 is 0 Å². The zero-order valence-corrected chi connectivity index (χ0v) is 38.4. The van der Waals surface area contributed by atoms with Crippen molar-refractivity contribution >= 4 is 59.3 Å². The van der Waals surface area contributed by atoms with Crippen LogP contribution in [0.3, 0.4) is 0 Å². The van der Waals surface area contributed by atoms with Crippen LogP contribution in [0.2, 0.25) is 0 Å². The maximum atomic E-state index is 2.43. The zero-order valence-electron chi connectivity index (χ0n) is 37.6. The van der Waals surface area contributed by atoms with Crippen LogP contribution < -0.4 is 4.90 Å². The minimum atomic E-state index is -0.122. The van der Waals surface area contributed by atoms with Gasteiger partial charge in [0.05, 0.1) is 0 Å². The topological polar surface area (TPSA) is 3.24 Å². The van der Waals surface area contributed by atoms with Gasteiger partial charge in [0.1, 0.15) is 0 Å². The molecule has 66 heavy (non-hydrogen) atoms.